The van der Waals surface area contributed by atoms with E-state index in [1.807, 2.05) is 26.0 Å². The average molecular weight is 288 g/mol. The molecular weight excluding hydrogens is 268 g/mol. The molecule has 0 spiro atoms. The molecule has 0 saturated carbocycles. The van der Waals surface area contributed by atoms with Crippen molar-refractivity contribution in [1.82, 2.24) is 15.2 Å². The molecule has 0 radical (unpaired) electrons. The van der Waals surface area contributed by atoms with Gasteiger partial charge in [0.15, 0.2) is 5.82 Å². The second-order valence-electron chi connectivity index (χ2n) is 4.66. The van der Waals surface area contributed by atoms with Crippen LogP contribution in [0.3, 0.4) is 0 Å². The van der Waals surface area contributed by atoms with Crippen molar-refractivity contribution in [2.45, 2.75) is 26.7 Å². The zero-order valence-electron chi connectivity index (χ0n) is 12.3. The molecule has 6 heteroatoms. The van der Waals surface area contributed by atoms with Crippen molar-refractivity contribution in [2.24, 2.45) is 0 Å². The van der Waals surface area contributed by atoms with E-state index in [1.54, 1.807) is 12.4 Å². The molecule has 21 heavy (non-hydrogen) atoms. The van der Waals surface area contributed by atoms with Crippen molar-refractivity contribution in [3.63, 3.8) is 0 Å². The fourth-order valence-corrected chi connectivity index (χ4v) is 1.99. The Bertz CT molecular complexity index is 581. The van der Waals surface area contributed by atoms with Crippen LogP contribution >= 0.6 is 0 Å². The van der Waals surface area contributed by atoms with Crippen molar-refractivity contribution < 1.29 is 9.53 Å². The third-order valence-corrected chi connectivity index (χ3v) is 3.13. The number of hydrogen-bond donors (Lipinski definition) is 2. The van der Waals surface area contributed by atoms with E-state index in [2.05, 4.69) is 20.5 Å². The van der Waals surface area contributed by atoms with Crippen molar-refractivity contribution >= 4 is 11.7 Å². The first-order valence-corrected chi connectivity index (χ1v) is 7.05. The molecule has 0 unspecified atom stereocenters. The summed E-state index contributed by atoms with van der Waals surface area (Å²) in [6, 6.07) is 3.79. The lowest BCUT2D eigenvalue weighted by Crippen LogP contribution is -2.13. The molecule has 0 aliphatic rings. The van der Waals surface area contributed by atoms with E-state index in [0.717, 1.165) is 16.8 Å². The Kier molecular flexibility index (Phi) is 5.45. The largest absolute Gasteiger partial charge is 0.382 e. The normalized spacial score (nSPS) is 10.6. The number of pyridine rings is 1. The summed E-state index contributed by atoms with van der Waals surface area (Å²) in [7, 11) is 0. The molecule has 0 aliphatic heterocycles. The predicted molar refractivity (Wildman–Crippen MR) is 80.9 cm³/mol. The molecule has 6 nitrogen and oxygen atoms in total. The number of H-pyrrole nitrogens is 1. The molecule has 112 valence electrons. The van der Waals surface area contributed by atoms with Crippen LogP contribution in [0.25, 0.3) is 11.3 Å². The van der Waals surface area contributed by atoms with Gasteiger partial charge in [-0.05, 0) is 32.4 Å². The molecule has 2 rings (SSSR count). The van der Waals surface area contributed by atoms with Crippen LogP contribution in [-0.2, 0) is 9.53 Å². The van der Waals surface area contributed by atoms with E-state index in [4.69, 9.17) is 4.74 Å². The molecule has 2 heterocycles. The van der Waals surface area contributed by atoms with E-state index in [9.17, 15) is 4.79 Å². The summed E-state index contributed by atoms with van der Waals surface area (Å²) in [6.07, 6.45) is 4.58. The Morgan fingerprint density at radius 3 is 2.86 bits per heavy atom. The zero-order chi connectivity index (χ0) is 15.1. The molecule has 0 atom stereocenters. The monoisotopic (exact) mass is 288 g/mol. The minimum absolute atomic E-state index is 0.0504. The highest BCUT2D eigenvalue weighted by molar-refractivity contribution is 5.91. The van der Waals surface area contributed by atoms with Gasteiger partial charge in [0.2, 0.25) is 5.91 Å². The molecule has 0 fully saturated rings. The summed E-state index contributed by atoms with van der Waals surface area (Å²) in [6.45, 7) is 5.14. The van der Waals surface area contributed by atoms with E-state index in [0.29, 0.717) is 31.9 Å². The van der Waals surface area contributed by atoms with E-state index in [1.165, 1.54) is 0 Å². The molecule has 0 bridgehead atoms. The first-order valence-electron chi connectivity index (χ1n) is 7.05. The standard InChI is InChI=1S/C15H20N4O2/c1-3-21-10-4-5-13(20)17-15-11(2)14(18-19-15)12-6-8-16-9-7-12/h6-9H,3-5,10H2,1-2H3,(H2,17,18,19,20). The maximum atomic E-state index is 11.8. The number of anilines is 1. The lowest BCUT2D eigenvalue weighted by molar-refractivity contribution is -0.116. The highest BCUT2D eigenvalue weighted by atomic mass is 16.5. The average Bonchev–Trinajstić information content (AvgIpc) is 2.86. The van der Waals surface area contributed by atoms with Crippen LogP contribution in [0.2, 0.25) is 0 Å². The number of ether oxygens (including phenoxy) is 1. The summed E-state index contributed by atoms with van der Waals surface area (Å²) in [5, 5.41) is 9.95. The number of carbonyl (C=O) groups is 1. The number of carbonyl (C=O) groups excluding carboxylic acids is 1. The smallest absolute Gasteiger partial charge is 0.225 e. The second kappa shape index (κ2) is 7.54. The van der Waals surface area contributed by atoms with Crippen LogP contribution < -0.4 is 5.32 Å². The van der Waals surface area contributed by atoms with Gasteiger partial charge in [-0.2, -0.15) is 5.10 Å². The molecule has 2 N–H and O–H groups in total. The molecule has 0 saturated heterocycles. The van der Waals surface area contributed by atoms with Gasteiger partial charge in [0.05, 0.1) is 5.69 Å². The number of aromatic amines is 1. The summed E-state index contributed by atoms with van der Waals surface area (Å²) < 4.78 is 5.21. The molecule has 0 aliphatic carbocycles. The Morgan fingerprint density at radius 2 is 2.14 bits per heavy atom. The highest BCUT2D eigenvalue weighted by Crippen LogP contribution is 2.25. The molecular formula is C15H20N4O2. The van der Waals surface area contributed by atoms with Gasteiger partial charge in [-0.1, -0.05) is 0 Å². The number of hydrogen-bond acceptors (Lipinski definition) is 4. The number of nitrogens with one attached hydrogen (secondary N) is 2. The third-order valence-electron chi connectivity index (χ3n) is 3.13. The van der Waals surface area contributed by atoms with Gasteiger partial charge in [0.25, 0.3) is 0 Å². The summed E-state index contributed by atoms with van der Waals surface area (Å²) in [5.41, 5.74) is 2.80. The SMILES string of the molecule is CCOCCCC(=O)Nc1n[nH]c(-c2ccncc2)c1C. The molecule has 2 aromatic heterocycles. The lowest BCUT2D eigenvalue weighted by atomic mass is 10.1. The van der Waals surface area contributed by atoms with Gasteiger partial charge in [0.1, 0.15) is 0 Å². The van der Waals surface area contributed by atoms with Gasteiger partial charge in [-0.15, -0.1) is 0 Å². The number of aromatic nitrogens is 3. The van der Waals surface area contributed by atoms with Crippen LogP contribution in [0, 0.1) is 6.92 Å². The fourth-order valence-electron chi connectivity index (χ4n) is 1.99. The lowest BCUT2D eigenvalue weighted by Gasteiger charge is -2.04. The zero-order valence-corrected chi connectivity index (χ0v) is 12.3. The first kappa shape index (κ1) is 15.2. The van der Waals surface area contributed by atoms with E-state index in [-0.39, 0.29) is 5.91 Å². The van der Waals surface area contributed by atoms with Crippen molar-refractivity contribution in [2.75, 3.05) is 18.5 Å². The highest BCUT2D eigenvalue weighted by Gasteiger charge is 2.12. The third kappa shape index (κ3) is 4.13. The quantitative estimate of drug-likeness (QED) is 0.767. The Hall–Kier alpha value is -2.21. The summed E-state index contributed by atoms with van der Waals surface area (Å²) in [4.78, 5) is 15.8. The topological polar surface area (TPSA) is 79.9 Å². The number of nitrogens with zero attached hydrogens (tertiary/aromatic N) is 2. The minimum Gasteiger partial charge on any atom is -0.382 e. The summed E-state index contributed by atoms with van der Waals surface area (Å²) >= 11 is 0. The maximum absolute atomic E-state index is 11.8. The predicted octanol–water partition coefficient (Wildman–Crippen LogP) is 2.54. The van der Waals surface area contributed by atoms with E-state index >= 15 is 0 Å². The first-order chi connectivity index (χ1) is 10.2. The van der Waals surface area contributed by atoms with Gasteiger partial charge in [-0.25, -0.2) is 0 Å². The fraction of sp³-hybridized carbons (Fsp3) is 0.400. The molecule has 0 aromatic carbocycles. The Balaban J connectivity index is 1.96. The van der Waals surface area contributed by atoms with Gasteiger partial charge in [0, 0.05) is 43.2 Å². The number of amides is 1. The van der Waals surface area contributed by atoms with Crippen LogP contribution in [0.5, 0.6) is 0 Å². The number of rotatable bonds is 7. The summed E-state index contributed by atoms with van der Waals surface area (Å²) in [5.74, 6) is 0.522. The maximum Gasteiger partial charge on any atom is 0.225 e. The Labute approximate surface area is 123 Å². The van der Waals surface area contributed by atoms with Crippen LogP contribution in [0.4, 0.5) is 5.82 Å². The minimum atomic E-state index is -0.0504. The van der Waals surface area contributed by atoms with Gasteiger partial charge < -0.3 is 10.1 Å². The van der Waals surface area contributed by atoms with E-state index < -0.39 is 0 Å². The van der Waals surface area contributed by atoms with Crippen molar-refractivity contribution in [3.8, 4) is 11.3 Å². The van der Waals surface area contributed by atoms with Gasteiger partial charge in [-0.3, -0.25) is 14.9 Å². The van der Waals surface area contributed by atoms with Crippen molar-refractivity contribution in [3.05, 3.63) is 30.1 Å². The van der Waals surface area contributed by atoms with Crippen molar-refractivity contribution in [1.29, 1.82) is 0 Å². The van der Waals surface area contributed by atoms with Gasteiger partial charge >= 0.3 is 0 Å². The Morgan fingerprint density at radius 1 is 1.38 bits per heavy atom. The molecule has 2 aromatic rings. The van der Waals surface area contributed by atoms with Crippen LogP contribution in [-0.4, -0.2) is 34.3 Å². The van der Waals surface area contributed by atoms with Crippen LogP contribution in [0.15, 0.2) is 24.5 Å². The van der Waals surface area contributed by atoms with Crippen LogP contribution in [0.1, 0.15) is 25.3 Å². The molecule has 1 amide bonds. The second-order valence-corrected chi connectivity index (χ2v) is 4.66.